The van der Waals surface area contributed by atoms with E-state index in [1.54, 1.807) is 23.8 Å². The molecule has 1 heterocycles. The van der Waals surface area contributed by atoms with E-state index in [9.17, 15) is 4.79 Å². The van der Waals surface area contributed by atoms with E-state index in [0.717, 1.165) is 37.7 Å². The third kappa shape index (κ3) is 4.60. The predicted molar refractivity (Wildman–Crippen MR) is 131 cm³/mol. The van der Waals surface area contributed by atoms with Crippen LogP contribution in [0.1, 0.15) is 28.4 Å². The highest BCUT2D eigenvalue weighted by atomic mass is 32.2. The maximum atomic E-state index is 13.7. The molecule has 0 saturated carbocycles. The summed E-state index contributed by atoms with van der Waals surface area (Å²) in [5.41, 5.74) is 3.63. The minimum atomic E-state index is -0.0573. The molecule has 0 radical (unpaired) electrons. The first-order valence-corrected chi connectivity index (χ1v) is 11.9. The van der Waals surface area contributed by atoms with Gasteiger partial charge in [-0.1, -0.05) is 60.7 Å². The summed E-state index contributed by atoms with van der Waals surface area (Å²) < 4.78 is 6.56. The van der Waals surface area contributed by atoms with E-state index in [4.69, 9.17) is 9.72 Å². The second-order valence-electron chi connectivity index (χ2n) is 7.10. The molecule has 4 rings (SSSR count). The SMILES string of the molecule is CCSc1cccc(C(=O)N(Cc2ccccc2)c2nc3c(OC)ccc(C)c3s2)c1. The number of methoxy groups -OCH3 is 1. The fourth-order valence-electron chi connectivity index (χ4n) is 3.41. The molecule has 0 fully saturated rings. The van der Waals surface area contributed by atoms with Crippen molar-refractivity contribution < 1.29 is 9.53 Å². The number of amides is 1. The zero-order valence-electron chi connectivity index (χ0n) is 17.8. The van der Waals surface area contributed by atoms with Gasteiger partial charge in [0, 0.05) is 10.5 Å². The second-order valence-corrected chi connectivity index (χ2v) is 9.41. The molecule has 31 heavy (non-hydrogen) atoms. The summed E-state index contributed by atoms with van der Waals surface area (Å²) in [7, 11) is 1.65. The Balaban J connectivity index is 1.80. The first kappa shape index (κ1) is 21.4. The quantitative estimate of drug-likeness (QED) is 0.300. The largest absolute Gasteiger partial charge is 0.494 e. The maximum absolute atomic E-state index is 13.7. The number of hydrogen-bond acceptors (Lipinski definition) is 5. The van der Waals surface area contributed by atoms with Crippen molar-refractivity contribution >= 4 is 44.4 Å². The lowest BCUT2D eigenvalue weighted by Crippen LogP contribution is -2.30. The van der Waals surface area contributed by atoms with Gasteiger partial charge in [0.25, 0.3) is 5.91 Å². The van der Waals surface area contributed by atoms with Gasteiger partial charge < -0.3 is 4.74 Å². The van der Waals surface area contributed by atoms with Crippen LogP contribution in [0.3, 0.4) is 0 Å². The van der Waals surface area contributed by atoms with Crippen molar-refractivity contribution in [2.24, 2.45) is 0 Å². The van der Waals surface area contributed by atoms with Gasteiger partial charge in [0.15, 0.2) is 5.13 Å². The molecule has 1 aromatic heterocycles. The Labute approximate surface area is 190 Å². The molecule has 158 valence electrons. The molecular formula is C25H24N2O2S2. The van der Waals surface area contributed by atoms with Gasteiger partial charge in [0.05, 0.1) is 18.4 Å². The molecule has 4 nitrogen and oxygen atoms in total. The van der Waals surface area contributed by atoms with E-state index in [-0.39, 0.29) is 5.91 Å². The van der Waals surface area contributed by atoms with Crippen molar-refractivity contribution in [2.75, 3.05) is 17.8 Å². The van der Waals surface area contributed by atoms with E-state index in [2.05, 4.69) is 13.8 Å². The Kier molecular flexibility index (Phi) is 6.59. The molecule has 0 aliphatic rings. The average molecular weight is 449 g/mol. The van der Waals surface area contributed by atoms with Gasteiger partial charge in [-0.25, -0.2) is 4.98 Å². The number of thiazole rings is 1. The normalized spacial score (nSPS) is 10.9. The summed E-state index contributed by atoms with van der Waals surface area (Å²) in [5, 5.41) is 0.671. The molecule has 1 amide bonds. The monoisotopic (exact) mass is 448 g/mol. The van der Waals surface area contributed by atoms with Gasteiger partial charge in [-0.15, -0.1) is 11.8 Å². The number of thioether (sulfide) groups is 1. The maximum Gasteiger partial charge on any atom is 0.260 e. The van der Waals surface area contributed by atoms with Crippen LogP contribution in [0.5, 0.6) is 5.75 Å². The fraction of sp³-hybridized carbons (Fsp3) is 0.200. The topological polar surface area (TPSA) is 42.4 Å². The Morgan fingerprint density at radius 2 is 1.90 bits per heavy atom. The molecule has 0 spiro atoms. The molecule has 6 heteroatoms. The number of aromatic nitrogens is 1. The third-order valence-electron chi connectivity index (χ3n) is 4.96. The molecule has 4 aromatic rings. The number of hydrogen-bond donors (Lipinski definition) is 0. The zero-order chi connectivity index (χ0) is 21.8. The summed E-state index contributed by atoms with van der Waals surface area (Å²) in [6.07, 6.45) is 0. The summed E-state index contributed by atoms with van der Waals surface area (Å²) in [5.74, 6) is 1.62. The van der Waals surface area contributed by atoms with E-state index >= 15 is 0 Å². The van der Waals surface area contributed by atoms with Crippen LogP contribution >= 0.6 is 23.1 Å². The first-order valence-electron chi connectivity index (χ1n) is 10.1. The van der Waals surface area contributed by atoms with Gasteiger partial charge in [-0.3, -0.25) is 9.69 Å². The standard InChI is InChI=1S/C25H24N2O2S2/c1-4-30-20-12-8-11-19(15-20)24(28)27(16-18-9-6-5-7-10-18)25-26-22-21(29-3)14-13-17(2)23(22)31-25/h5-15H,4,16H2,1-3H3. The van der Waals surface area contributed by atoms with Crippen LogP contribution in [0.2, 0.25) is 0 Å². The zero-order valence-corrected chi connectivity index (χ0v) is 19.4. The number of nitrogens with zero attached hydrogens (tertiary/aromatic N) is 2. The van der Waals surface area contributed by atoms with E-state index in [1.807, 2.05) is 66.7 Å². The molecule has 0 aliphatic heterocycles. The van der Waals surface area contributed by atoms with Crippen LogP contribution in [0.4, 0.5) is 5.13 Å². The van der Waals surface area contributed by atoms with Gasteiger partial charge >= 0.3 is 0 Å². The van der Waals surface area contributed by atoms with Crippen molar-refractivity contribution in [2.45, 2.75) is 25.3 Å². The van der Waals surface area contributed by atoms with Crippen molar-refractivity contribution in [1.29, 1.82) is 0 Å². The third-order valence-corrected chi connectivity index (χ3v) is 7.05. The summed E-state index contributed by atoms with van der Waals surface area (Å²) in [4.78, 5) is 21.4. The predicted octanol–water partition coefficient (Wildman–Crippen LogP) is 6.57. The smallest absolute Gasteiger partial charge is 0.260 e. The van der Waals surface area contributed by atoms with Crippen LogP contribution in [-0.2, 0) is 6.54 Å². The van der Waals surface area contributed by atoms with E-state index < -0.39 is 0 Å². The highest BCUT2D eigenvalue weighted by Gasteiger charge is 2.23. The molecule has 0 aliphatic carbocycles. The number of aryl methyl sites for hydroxylation is 1. The summed E-state index contributed by atoms with van der Waals surface area (Å²) in [6.45, 7) is 4.61. The molecule has 0 bridgehead atoms. The molecule has 0 saturated heterocycles. The van der Waals surface area contributed by atoms with Crippen molar-refractivity contribution in [3.8, 4) is 5.75 Å². The molecular weight excluding hydrogens is 424 g/mol. The Morgan fingerprint density at radius 3 is 2.65 bits per heavy atom. The summed E-state index contributed by atoms with van der Waals surface area (Å²) in [6, 6.07) is 21.8. The summed E-state index contributed by atoms with van der Waals surface area (Å²) >= 11 is 3.26. The Morgan fingerprint density at radius 1 is 1.10 bits per heavy atom. The van der Waals surface area contributed by atoms with Gasteiger partial charge in [0.1, 0.15) is 11.3 Å². The Bertz CT molecular complexity index is 1200. The van der Waals surface area contributed by atoms with Gasteiger partial charge in [-0.05, 0) is 48.1 Å². The van der Waals surface area contributed by atoms with Crippen LogP contribution in [0.25, 0.3) is 10.2 Å². The number of carbonyl (C=O) groups is 1. The molecule has 3 aromatic carbocycles. The average Bonchev–Trinajstić information content (AvgIpc) is 3.25. The van der Waals surface area contributed by atoms with Crippen molar-refractivity contribution in [1.82, 2.24) is 4.98 Å². The minimum absolute atomic E-state index is 0.0573. The molecule has 0 N–H and O–H groups in total. The first-order chi connectivity index (χ1) is 15.1. The van der Waals surface area contributed by atoms with Crippen LogP contribution in [0, 0.1) is 6.92 Å². The number of benzene rings is 3. The van der Waals surface area contributed by atoms with Crippen LogP contribution < -0.4 is 9.64 Å². The highest BCUT2D eigenvalue weighted by molar-refractivity contribution is 7.99. The van der Waals surface area contributed by atoms with E-state index in [0.29, 0.717) is 17.2 Å². The van der Waals surface area contributed by atoms with Crippen molar-refractivity contribution in [3.63, 3.8) is 0 Å². The van der Waals surface area contributed by atoms with Gasteiger partial charge in [-0.2, -0.15) is 0 Å². The van der Waals surface area contributed by atoms with Gasteiger partial charge in [0.2, 0.25) is 0 Å². The number of anilines is 1. The lowest BCUT2D eigenvalue weighted by atomic mass is 10.1. The van der Waals surface area contributed by atoms with E-state index in [1.165, 1.54) is 11.3 Å². The number of ether oxygens (including phenoxy) is 1. The minimum Gasteiger partial charge on any atom is -0.494 e. The fourth-order valence-corrected chi connectivity index (χ4v) is 5.18. The lowest BCUT2D eigenvalue weighted by molar-refractivity contribution is 0.0985. The highest BCUT2D eigenvalue weighted by Crippen LogP contribution is 2.37. The van der Waals surface area contributed by atoms with Crippen LogP contribution in [-0.4, -0.2) is 23.8 Å². The number of carbonyl (C=O) groups excluding carboxylic acids is 1. The van der Waals surface area contributed by atoms with Crippen molar-refractivity contribution in [3.05, 3.63) is 83.4 Å². The van der Waals surface area contributed by atoms with Crippen LogP contribution in [0.15, 0.2) is 71.6 Å². The Hall–Kier alpha value is -2.83. The molecule has 0 unspecified atom stereocenters. The second kappa shape index (κ2) is 9.54. The number of rotatable bonds is 7. The lowest BCUT2D eigenvalue weighted by Gasteiger charge is -2.20. The molecule has 0 atom stereocenters. The number of fused-ring (bicyclic) bond motifs is 1.